The zero-order chi connectivity index (χ0) is 26.1. The number of pyridine rings is 1. The quantitative estimate of drug-likeness (QED) is 0.324. The first-order valence-corrected chi connectivity index (χ1v) is 13.5. The van der Waals surface area contributed by atoms with E-state index in [2.05, 4.69) is 15.0 Å². The molecule has 1 atom stereocenters. The van der Waals surface area contributed by atoms with Crippen LogP contribution in [0.3, 0.4) is 0 Å². The summed E-state index contributed by atoms with van der Waals surface area (Å²) in [5.41, 5.74) is 2.97. The first kappa shape index (κ1) is 25.7. The average molecular weight is 510 g/mol. The molecule has 4 rings (SSSR count). The number of H-pyrrole nitrogens is 1. The number of sulfone groups is 1. The molecule has 0 spiro atoms. The molecule has 1 N–H and O–H groups in total. The highest BCUT2D eigenvalue weighted by atomic mass is 32.2. The molecule has 0 fully saturated rings. The normalized spacial score (nSPS) is 13.1. The number of aromatic nitrogens is 3. The van der Waals surface area contributed by atoms with Gasteiger partial charge in [0, 0.05) is 24.1 Å². The van der Waals surface area contributed by atoms with Crippen LogP contribution in [0.2, 0.25) is 0 Å². The number of aryl methyl sites for hydroxylation is 1. The van der Waals surface area contributed by atoms with Gasteiger partial charge in [-0.15, -0.1) is 0 Å². The lowest BCUT2D eigenvalue weighted by atomic mass is 10.2. The summed E-state index contributed by atoms with van der Waals surface area (Å²) in [5.74, 6) is 2.23. The summed E-state index contributed by atoms with van der Waals surface area (Å²) in [6, 6.07) is 13.8. The van der Waals surface area contributed by atoms with Crippen LogP contribution in [-0.4, -0.2) is 47.9 Å². The zero-order valence-corrected chi connectivity index (χ0v) is 22.1. The van der Waals surface area contributed by atoms with E-state index in [-0.39, 0.29) is 16.6 Å². The summed E-state index contributed by atoms with van der Waals surface area (Å²) < 4.78 is 41.7. The number of aromatic amines is 1. The predicted octanol–water partition coefficient (Wildman–Crippen LogP) is 5.71. The number of benzene rings is 2. The second-order valence-electron chi connectivity index (χ2n) is 9.86. The van der Waals surface area contributed by atoms with Crippen LogP contribution in [0.25, 0.3) is 22.6 Å². The van der Waals surface area contributed by atoms with Crippen molar-refractivity contribution in [2.75, 3.05) is 12.9 Å². The molecular formula is C27H31N3O5S. The van der Waals surface area contributed by atoms with Gasteiger partial charge in [-0.05, 0) is 82.6 Å². The molecule has 0 bridgehead atoms. The van der Waals surface area contributed by atoms with Crippen LogP contribution in [0.1, 0.15) is 33.3 Å². The van der Waals surface area contributed by atoms with Crippen molar-refractivity contribution in [2.45, 2.75) is 51.2 Å². The van der Waals surface area contributed by atoms with Crippen LogP contribution in [0, 0.1) is 6.92 Å². The lowest BCUT2D eigenvalue weighted by Crippen LogP contribution is -2.27. The Morgan fingerprint density at radius 3 is 2.36 bits per heavy atom. The summed E-state index contributed by atoms with van der Waals surface area (Å²) in [6.45, 7) is 10.3. The van der Waals surface area contributed by atoms with Gasteiger partial charge in [0.05, 0.1) is 22.6 Å². The second kappa shape index (κ2) is 9.91. The predicted molar refractivity (Wildman–Crippen MR) is 139 cm³/mol. The number of nitrogens with zero attached hydrogens (tertiary/aromatic N) is 2. The van der Waals surface area contributed by atoms with E-state index in [1.807, 2.05) is 52.8 Å². The maximum absolute atomic E-state index is 11.8. The van der Waals surface area contributed by atoms with Crippen molar-refractivity contribution in [3.05, 3.63) is 60.3 Å². The molecular weight excluding hydrogens is 478 g/mol. The summed E-state index contributed by atoms with van der Waals surface area (Å²) in [6.07, 6.45) is 2.74. The third kappa shape index (κ3) is 6.61. The van der Waals surface area contributed by atoms with Crippen molar-refractivity contribution in [2.24, 2.45) is 0 Å². The molecule has 0 saturated heterocycles. The van der Waals surface area contributed by atoms with E-state index < -0.39 is 9.84 Å². The third-order valence-corrected chi connectivity index (χ3v) is 6.33. The van der Waals surface area contributed by atoms with Crippen molar-refractivity contribution < 1.29 is 22.6 Å². The van der Waals surface area contributed by atoms with E-state index in [0.29, 0.717) is 35.3 Å². The molecule has 0 saturated carbocycles. The van der Waals surface area contributed by atoms with Crippen molar-refractivity contribution in [3.8, 4) is 28.6 Å². The lowest BCUT2D eigenvalue weighted by Gasteiger charge is -2.23. The van der Waals surface area contributed by atoms with Gasteiger partial charge in [0.2, 0.25) is 0 Å². The minimum Gasteiger partial charge on any atom is -0.488 e. The SMILES string of the molecule is Cc1cnc2nc(-c3cc(Oc4ccc(S(C)(=O)=O)cc4)cc(OC(C)COC(C)(C)C)c3)[nH]c2c1. The number of nitrogens with one attached hydrogen (secondary N) is 1. The van der Waals surface area contributed by atoms with E-state index in [1.54, 1.807) is 24.4 Å². The van der Waals surface area contributed by atoms with Crippen molar-refractivity contribution in [1.29, 1.82) is 0 Å². The molecule has 2 heterocycles. The molecule has 0 radical (unpaired) electrons. The van der Waals surface area contributed by atoms with E-state index in [9.17, 15) is 8.42 Å². The molecule has 0 aliphatic rings. The average Bonchev–Trinajstić information content (AvgIpc) is 3.20. The van der Waals surface area contributed by atoms with Gasteiger partial charge in [-0.2, -0.15) is 0 Å². The summed E-state index contributed by atoms with van der Waals surface area (Å²) >= 11 is 0. The molecule has 8 nitrogen and oxygen atoms in total. The third-order valence-electron chi connectivity index (χ3n) is 5.20. The number of hydrogen-bond acceptors (Lipinski definition) is 7. The Hall–Kier alpha value is -3.43. The van der Waals surface area contributed by atoms with Gasteiger partial charge >= 0.3 is 0 Å². The number of fused-ring (bicyclic) bond motifs is 1. The fourth-order valence-electron chi connectivity index (χ4n) is 3.50. The van der Waals surface area contributed by atoms with E-state index in [1.165, 1.54) is 18.4 Å². The highest BCUT2D eigenvalue weighted by Gasteiger charge is 2.16. The topological polar surface area (TPSA) is 103 Å². The van der Waals surface area contributed by atoms with Gasteiger partial charge in [-0.25, -0.2) is 18.4 Å². The largest absolute Gasteiger partial charge is 0.488 e. The Bertz CT molecular complexity index is 1470. The zero-order valence-electron chi connectivity index (χ0n) is 21.3. The maximum atomic E-state index is 11.8. The van der Waals surface area contributed by atoms with Gasteiger partial charge < -0.3 is 19.2 Å². The summed E-state index contributed by atoms with van der Waals surface area (Å²) in [7, 11) is -3.29. The molecule has 4 aromatic rings. The Morgan fingerprint density at radius 2 is 1.69 bits per heavy atom. The number of ether oxygens (including phenoxy) is 3. The molecule has 190 valence electrons. The van der Waals surface area contributed by atoms with Gasteiger partial charge in [-0.3, -0.25) is 0 Å². The van der Waals surface area contributed by atoms with E-state index in [0.717, 1.165) is 16.6 Å². The van der Waals surface area contributed by atoms with Crippen LogP contribution >= 0.6 is 0 Å². The van der Waals surface area contributed by atoms with Crippen molar-refractivity contribution in [3.63, 3.8) is 0 Å². The minimum absolute atomic E-state index is 0.207. The first-order chi connectivity index (χ1) is 16.9. The molecule has 0 aliphatic heterocycles. The molecule has 0 aliphatic carbocycles. The molecule has 2 aromatic heterocycles. The Morgan fingerprint density at radius 1 is 1.00 bits per heavy atom. The van der Waals surface area contributed by atoms with Crippen LogP contribution in [-0.2, 0) is 14.6 Å². The molecule has 1 unspecified atom stereocenters. The van der Waals surface area contributed by atoms with Gasteiger partial charge in [0.15, 0.2) is 15.5 Å². The van der Waals surface area contributed by atoms with Crippen LogP contribution in [0.4, 0.5) is 0 Å². The van der Waals surface area contributed by atoms with Crippen LogP contribution in [0.5, 0.6) is 17.2 Å². The molecule has 0 amide bonds. The highest BCUT2D eigenvalue weighted by molar-refractivity contribution is 7.90. The fourth-order valence-corrected chi connectivity index (χ4v) is 4.13. The summed E-state index contributed by atoms with van der Waals surface area (Å²) in [5, 5.41) is 0. The molecule has 2 aromatic carbocycles. The smallest absolute Gasteiger partial charge is 0.178 e. The molecule has 36 heavy (non-hydrogen) atoms. The molecule has 9 heteroatoms. The number of rotatable bonds is 8. The Balaban J connectivity index is 1.66. The second-order valence-corrected chi connectivity index (χ2v) is 11.9. The van der Waals surface area contributed by atoms with Crippen molar-refractivity contribution >= 4 is 21.0 Å². The van der Waals surface area contributed by atoms with Crippen LogP contribution in [0.15, 0.2) is 59.6 Å². The van der Waals surface area contributed by atoms with Gasteiger partial charge in [-0.1, -0.05) is 0 Å². The fraction of sp³-hybridized carbons (Fsp3) is 0.333. The van der Waals surface area contributed by atoms with Gasteiger partial charge in [0.1, 0.15) is 29.2 Å². The minimum atomic E-state index is -3.29. The first-order valence-electron chi connectivity index (χ1n) is 11.6. The Labute approximate surface area is 211 Å². The Kier molecular flexibility index (Phi) is 7.06. The van der Waals surface area contributed by atoms with Gasteiger partial charge in [0.25, 0.3) is 0 Å². The van der Waals surface area contributed by atoms with Crippen LogP contribution < -0.4 is 9.47 Å². The maximum Gasteiger partial charge on any atom is 0.178 e. The van der Waals surface area contributed by atoms with E-state index in [4.69, 9.17) is 14.2 Å². The summed E-state index contributed by atoms with van der Waals surface area (Å²) in [4.78, 5) is 12.6. The standard InChI is InChI=1S/C27H31N3O5S/c1-17-11-24-26(28-15-17)30-25(29-24)19-12-21(34-18(2)16-33-27(3,4)5)14-22(13-19)35-20-7-9-23(10-8-20)36(6,31)32/h7-15,18H,16H2,1-6H3,(H,28,29,30). The monoisotopic (exact) mass is 509 g/mol. The number of hydrogen-bond donors (Lipinski definition) is 1. The van der Waals surface area contributed by atoms with Crippen molar-refractivity contribution in [1.82, 2.24) is 15.0 Å². The lowest BCUT2D eigenvalue weighted by molar-refractivity contribution is -0.0374. The number of imidazole rings is 1. The van der Waals surface area contributed by atoms with E-state index >= 15 is 0 Å². The highest BCUT2D eigenvalue weighted by Crippen LogP contribution is 2.33.